The van der Waals surface area contributed by atoms with Crippen LogP contribution >= 0.6 is 0 Å². The SMILES string of the molecule is Cc1cc(C)cc(C(C)(CO)NCC2CCCO2)c1. The first-order valence-corrected chi connectivity index (χ1v) is 7.10. The molecule has 1 aromatic rings. The van der Waals surface area contributed by atoms with Gasteiger partial charge in [-0.05, 0) is 39.2 Å². The quantitative estimate of drug-likeness (QED) is 0.856. The third kappa shape index (κ3) is 3.56. The Morgan fingerprint density at radius 2 is 2.00 bits per heavy atom. The van der Waals surface area contributed by atoms with Gasteiger partial charge < -0.3 is 15.2 Å². The summed E-state index contributed by atoms with van der Waals surface area (Å²) in [5.41, 5.74) is 3.20. The number of nitrogens with one attached hydrogen (secondary N) is 1. The molecule has 0 bridgehead atoms. The van der Waals surface area contributed by atoms with Crippen molar-refractivity contribution in [2.24, 2.45) is 0 Å². The van der Waals surface area contributed by atoms with Crippen molar-refractivity contribution in [2.45, 2.75) is 45.3 Å². The second kappa shape index (κ2) is 6.04. The molecule has 19 heavy (non-hydrogen) atoms. The lowest BCUT2D eigenvalue weighted by Gasteiger charge is -2.31. The minimum Gasteiger partial charge on any atom is -0.394 e. The third-order valence-electron chi connectivity index (χ3n) is 3.92. The number of ether oxygens (including phenoxy) is 1. The van der Waals surface area contributed by atoms with Gasteiger partial charge in [-0.1, -0.05) is 29.3 Å². The van der Waals surface area contributed by atoms with Gasteiger partial charge in [0.2, 0.25) is 0 Å². The van der Waals surface area contributed by atoms with E-state index < -0.39 is 5.54 Å². The zero-order valence-corrected chi connectivity index (χ0v) is 12.2. The van der Waals surface area contributed by atoms with Crippen LogP contribution in [0.25, 0.3) is 0 Å². The average Bonchev–Trinajstić information content (AvgIpc) is 2.88. The zero-order valence-electron chi connectivity index (χ0n) is 12.2. The summed E-state index contributed by atoms with van der Waals surface area (Å²) >= 11 is 0. The number of aliphatic hydroxyl groups is 1. The minimum atomic E-state index is -0.400. The van der Waals surface area contributed by atoms with Gasteiger partial charge in [-0.25, -0.2) is 0 Å². The van der Waals surface area contributed by atoms with Gasteiger partial charge in [0, 0.05) is 13.2 Å². The summed E-state index contributed by atoms with van der Waals surface area (Å²) < 4.78 is 5.63. The molecule has 2 rings (SSSR count). The van der Waals surface area contributed by atoms with Crippen molar-refractivity contribution < 1.29 is 9.84 Å². The van der Waals surface area contributed by atoms with Gasteiger partial charge in [-0.15, -0.1) is 0 Å². The molecule has 2 unspecified atom stereocenters. The van der Waals surface area contributed by atoms with Crippen LogP contribution in [0.5, 0.6) is 0 Å². The van der Waals surface area contributed by atoms with E-state index >= 15 is 0 Å². The lowest BCUT2D eigenvalue weighted by atomic mass is 9.90. The van der Waals surface area contributed by atoms with E-state index in [2.05, 4.69) is 44.3 Å². The number of hydrogen-bond acceptors (Lipinski definition) is 3. The molecule has 2 N–H and O–H groups in total. The Bertz CT molecular complexity index is 407. The summed E-state index contributed by atoms with van der Waals surface area (Å²) in [5, 5.41) is 13.3. The van der Waals surface area contributed by atoms with E-state index in [4.69, 9.17) is 4.74 Å². The summed E-state index contributed by atoms with van der Waals surface area (Å²) in [6.07, 6.45) is 2.55. The van der Waals surface area contributed by atoms with E-state index in [-0.39, 0.29) is 12.7 Å². The van der Waals surface area contributed by atoms with Crippen molar-refractivity contribution in [3.63, 3.8) is 0 Å². The van der Waals surface area contributed by atoms with Crippen LogP contribution < -0.4 is 5.32 Å². The molecule has 1 fully saturated rings. The van der Waals surface area contributed by atoms with Crippen LogP contribution in [0.4, 0.5) is 0 Å². The Morgan fingerprint density at radius 1 is 1.32 bits per heavy atom. The standard InChI is InChI=1S/C16H25NO2/c1-12-7-13(2)9-14(8-12)16(3,11-18)17-10-15-5-4-6-19-15/h7-9,15,17-18H,4-6,10-11H2,1-3H3. The smallest absolute Gasteiger partial charge is 0.0700 e. The molecular weight excluding hydrogens is 238 g/mol. The number of rotatable bonds is 5. The van der Waals surface area contributed by atoms with Gasteiger partial charge in [0.15, 0.2) is 0 Å². The van der Waals surface area contributed by atoms with E-state index in [0.717, 1.165) is 31.6 Å². The van der Waals surface area contributed by atoms with Crippen LogP contribution in [0.3, 0.4) is 0 Å². The van der Waals surface area contributed by atoms with Crippen LogP contribution in [0, 0.1) is 13.8 Å². The molecule has 0 saturated carbocycles. The lowest BCUT2D eigenvalue weighted by Crippen LogP contribution is -2.46. The number of hydrogen-bond donors (Lipinski definition) is 2. The summed E-state index contributed by atoms with van der Waals surface area (Å²) in [7, 11) is 0. The summed E-state index contributed by atoms with van der Waals surface area (Å²) in [5.74, 6) is 0. The summed E-state index contributed by atoms with van der Waals surface area (Å²) in [4.78, 5) is 0. The molecule has 1 saturated heterocycles. The number of aliphatic hydroxyl groups excluding tert-OH is 1. The highest BCUT2D eigenvalue weighted by molar-refractivity contribution is 5.33. The van der Waals surface area contributed by atoms with Gasteiger partial charge in [0.25, 0.3) is 0 Å². The van der Waals surface area contributed by atoms with Gasteiger partial charge >= 0.3 is 0 Å². The molecule has 0 spiro atoms. The first-order chi connectivity index (χ1) is 9.03. The largest absolute Gasteiger partial charge is 0.394 e. The van der Waals surface area contributed by atoms with Crippen LogP contribution in [0.15, 0.2) is 18.2 Å². The molecule has 2 atom stereocenters. The highest BCUT2D eigenvalue weighted by Gasteiger charge is 2.27. The molecular formula is C16H25NO2. The van der Waals surface area contributed by atoms with Gasteiger partial charge in [0.05, 0.1) is 18.2 Å². The Morgan fingerprint density at radius 3 is 2.53 bits per heavy atom. The first-order valence-electron chi connectivity index (χ1n) is 7.10. The van der Waals surface area contributed by atoms with Crippen LogP contribution in [0.2, 0.25) is 0 Å². The molecule has 3 nitrogen and oxygen atoms in total. The molecule has 3 heteroatoms. The highest BCUT2D eigenvalue weighted by atomic mass is 16.5. The van der Waals surface area contributed by atoms with E-state index in [1.165, 1.54) is 11.1 Å². The fourth-order valence-electron chi connectivity index (χ4n) is 2.69. The van der Waals surface area contributed by atoms with Gasteiger partial charge in [0.1, 0.15) is 0 Å². The predicted molar refractivity (Wildman–Crippen MR) is 77.3 cm³/mol. The Labute approximate surface area is 116 Å². The molecule has 1 aromatic carbocycles. The van der Waals surface area contributed by atoms with Crippen LogP contribution in [0.1, 0.15) is 36.5 Å². The molecule has 1 aliphatic heterocycles. The van der Waals surface area contributed by atoms with Crippen molar-refractivity contribution in [1.82, 2.24) is 5.32 Å². The van der Waals surface area contributed by atoms with Crippen molar-refractivity contribution in [1.29, 1.82) is 0 Å². The monoisotopic (exact) mass is 263 g/mol. The van der Waals surface area contributed by atoms with Crippen molar-refractivity contribution in [2.75, 3.05) is 19.8 Å². The maximum atomic E-state index is 9.79. The number of benzene rings is 1. The average molecular weight is 263 g/mol. The summed E-state index contributed by atoms with van der Waals surface area (Å²) in [6, 6.07) is 6.44. The van der Waals surface area contributed by atoms with Crippen molar-refractivity contribution in [3.05, 3.63) is 34.9 Å². The zero-order chi connectivity index (χ0) is 13.9. The molecule has 0 amide bonds. The van der Waals surface area contributed by atoms with E-state index in [1.807, 2.05) is 0 Å². The molecule has 1 heterocycles. The minimum absolute atomic E-state index is 0.0859. The fraction of sp³-hybridized carbons (Fsp3) is 0.625. The third-order valence-corrected chi connectivity index (χ3v) is 3.92. The van der Waals surface area contributed by atoms with Crippen LogP contribution in [-0.4, -0.2) is 31.0 Å². The highest BCUT2D eigenvalue weighted by Crippen LogP contribution is 2.23. The van der Waals surface area contributed by atoms with Gasteiger partial charge in [-0.2, -0.15) is 0 Å². The molecule has 0 aliphatic carbocycles. The Hall–Kier alpha value is -0.900. The normalized spacial score (nSPS) is 22.4. The maximum absolute atomic E-state index is 9.79. The maximum Gasteiger partial charge on any atom is 0.0700 e. The molecule has 106 valence electrons. The second-order valence-corrected chi connectivity index (χ2v) is 5.88. The Balaban J connectivity index is 2.10. The van der Waals surface area contributed by atoms with Crippen molar-refractivity contribution in [3.8, 4) is 0 Å². The first kappa shape index (κ1) is 14.5. The molecule has 1 aliphatic rings. The van der Waals surface area contributed by atoms with E-state index in [9.17, 15) is 5.11 Å². The van der Waals surface area contributed by atoms with Gasteiger partial charge in [-0.3, -0.25) is 0 Å². The lowest BCUT2D eigenvalue weighted by molar-refractivity contribution is 0.0910. The molecule has 0 aromatic heterocycles. The summed E-state index contributed by atoms with van der Waals surface area (Å²) in [6.45, 7) is 7.98. The van der Waals surface area contributed by atoms with E-state index in [1.54, 1.807) is 0 Å². The fourth-order valence-corrected chi connectivity index (χ4v) is 2.69. The number of aryl methyl sites for hydroxylation is 2. The Kier molecular flexibility index (Phi) is 4.61. The molecule has 0 radical (unpaired) electrons. The van der Waals surface area contributed by atoms with Crippen LogP contribution in [-0.2, 0) is 10.3 Å². The predicted octanol–water partition coefficient (Wildman–Crippen LogP) is 2.28. The topological polar surface area (TPSA) is 41.5 Å². The van der Waals surface area contributed by atoms with E-state index in [0.29, 0.717) is 0 Å². The van der Waals surface area contributed by atoms with Crippen molar-refractivity contribution >= 4 is 0 Å². The second-order valence-electron chi connectivity index (χ2n) is 5.88.